The van der Waals surface area contributed by atoms with Crippen molar-refractivity contribution < 1.29 is 4.63 Å². The van der Waals surface area contributed by atoms with Crippen LogP contribution in [0.2, 0.25) is 0 Å². The fourth-order valence-electron chi connectivity index (χ4n) is 0.807. The molecule has 0 saturated carbocycles. The standard InChI is InChI=1S/C6H6N4OS/c1-3-2-12-6(8-3)4-5(7)10-11-9-4/h2H,1H3,(H2,7,10). The van der Waals surface area contributed by atoms with E-state index < -0.39 is 0 Å². The van der Waals surface area contributed by atoms with E-state index in [4.69, 9.17) is 5.73 Å². The van der Waals surface area contributed by atoms with Crippen molar-refractivity contribution in [2.24, 2.45) is 0 Å². The summed E-state index contributed by atoms with van der Waals surface area (Å²) in [5, 5.41) is 9.76. The number of nitrogens with zero attached hydrogens (tertiary/aromatic N) is 3. The molecule has 0 aliphatic rings. The summed E-state index contributed by atoms with van der Waals surface area (Å²) in [6.07, 6.45) is 0. The van der Waals surface area contributed by atoms with Gasteiger partial charge in [-0.25, -0.2) is 9.61 Å². The highest BCUT2D eigenvalue weighted by Crippen LogP contribution is 2.24. The lowest BCUT2D eigenvalue weighted by molar-refractivity contribution is 0.310. The quantitative estimate of drug-likeness (QED) is 0.714. The molecule has 5 nitrogen and oxygen atoms in total. The highest BCUT2D eigenvalue weighted by atomic mass is 32.1. The van der Waals surface area contributed by atoms with Crippen LogP contribution < -0.4 is 5.73 Å². The first-order valence-electron chi connectivity index (χ1n) is 3.28. The number of anilines is 1. The number of hydrogen-bond acceptors (Lipinski definition) is 6. The molecule has 0 aliphatic carbocycles. The van der Waals surface area contributed by atoms with E-state index in [-0.39, 0.29) is 5.82 Å². The van der Waals surface area contributed by atoms with Crippen molar-refractivity contribution in [2.75, 3.05) is 5.73 Å². The molecule has 0 aliphatic heterocycles. The zero-order valence-electron chi connectivity index (χ0n) is 6.31. The number of hydrogen-bond donors (Lipinski definition) is 1. The Morgan fingerprint density at radius 3 is 2.83 bits per heavy atom. The molecule has 0 spiro atoms. The Bertz CT molecular complexity index is 394. The Hall–Kier alpha value is -1.43. The van der Waals surface area contributed by atoms with Crippen molar-refractivity contribution in [2.45, 2.75) is 6.92 Å². The van der Waals surface area contributed by atoms with Crippen LogP contribution in [0.1, 0.15) is 5.69 Å². The number of aryl methyl sites for hydroxylation is 1. The van der Waals surface area contributed by atoms with Gasteiger partial charge in [-0.15, -0.1) is 11.3 Å². The van der Waals surface area contributed by atoms with Crippen molar-refractivity contribution in [3.05, 3.63) is 11.1 Å². The van der Waals surface area contributed by atoms with Crippen molar-refractivity contribution in [3.63, 3.8) is 0 Å². The van der Waals surface area contributed by atoms with Crippen molar-refractivity contribution >= 4 is 17.2 Å². The van der Waals surface area contributed by atoms with Crippen molar-refractivity contribution in [3.8, 4) is 10.7 Å². The van der Waals surface area contributed by atoms with Crippen LogP contribution in [0, 0.1) is 6.92 Å². The second kappa shape index (κ2) is 2.56. The smallest absolute Gasteiger partial charge is 0.198 e. The van der Waals surface area contributed by atoms with Crippen LogP contribution in [0.5, 0.6) is 0 Å². The molecule has 62 valence electrons. The third kappa shape index (κ3) is 1.06. The minimum Gasteiger partial charge on any atom is -0.379 e. The van der Waals surface area contributed by atoms with Gasteiger partial charge in [0.25, 0.3) is 0 Å². The molecule has 6 heteroatoms. The SMILES string of the molecule is Cc1csc(-c2nonc2N)n1. The van der Waals surface area contributed by atoms with Crippen LogP contribution in [0.25, 0.3) is 10.7 Å². The van der Waals surface area contributed by atoms with Gasteiger partial charge in [0.15, 0.2) is 11.5 Å². The molecular formula is C6H6N4OS. The largest absolute Gasteiger partial charge is 0.379 e. The van der Waals surface area contributed by atoms with Gasteiger partial charge in [0.2, 0.25) is 0 Å². The summed E-state index contributed by atoms with van der Waals surface area (Å²) in [7, 11) is 0. The average molecular weight is 182 g/mol. The van der Waals surface area contributed by atoms with E-state index in [1.54, 1.807) is 0 Å². The highest BCUT2D eigenvalue weighted by Gasteiger charge is 2.11. The minimum atomic E-state index is 0.282. The summed E-state index contributed by atoms with van der Waals surface area (Å²) in [6, 6.07) is 0. The Balaban J connectivity index is 2.50. The zero-order chi connectivity index (χ0) is 8.55. The van der Waals surface area contributed by atoms with Gasteiger partial charge in [-0.1, -0.05) is 0 Å². The van der Waals surface area contributed by atoms with E-state index in [0.29, 0.717) is 5.69 Å². The van der Waals surface area contributed by atoms with Crippen LogP contribution >= 0.6 is 11.3 Å². The molecule has 2 aromatic rings. The Morgan fingerprint density at radius 1 is 1.50 bits per heavy atom. The fraction of sp³-hybridized carbons (Fsp3) is 0.167. The molecule has 0 amide bonds. The summed E-state index contributed by atoms with van der Waals surface area (Å²) in [5.74, 6) is 0.282. The molecule has 2 N–H and O–H groups in total. The predicted molar refractivity (Wildman–Crippen MR) is 44.6 cm³/mol. The molecule has 2 aromatic heterocycles. The molecule has 2 rings (SSSR count). The first-order valence-corrected chi connectivity index (χ1v) is 4.16. The van der Waals surface area contributed by atoms with Crippen LogP contribution in [0.15, 0.2) is 10.0 Å². The zero-order valence-corrected chi connectivity index (χ0v) is 7.13. The molecule has 2 heterocycles. The second-order valence-corrected chi connectivity index (χ2v) is 3.15. The Labute approximate surface area is 72.2 Å². The summed E-state index contributed by atoms with van der Waals surface area (Å²) in [6.45, 7) is 1.91. The summed E-state index contributed by atoms with van der Waals surface area (Å²) >= 11 is 1.47. The lowest BCUT2D eigenvalue weighted by Gasteiger charge is -1.85. The van der Waals surface area contributed by atoms with E-state index in [2.05, 4.69) is 19.9 Å². The molecule has 0 radical (unpaired) electrons. The van der Waals surface area contributed by atoms with Crippen molar-refractivity contribution in [1.82, 2.24) is 15.3 Å². The van der Waals surface area contributed by atoms with Gasteiger partial charge in [0.1, 0.15) is 5.01 Å². The molecule has 0 atom stereocenters. The van der Waals surface area contributed by atoms with Crippen LogP contribution in [0.4, 0.5) is 5.82 Å². The molecule has 0 saturated heterocycles. The fourth-order valence-corrected chi connectivity index (χ4v) is 1.59. The van der Waals surface area contributed by atoms with Gasteiger partial charge in [-0.2, -0.15) is 0 Å². The lowest BCUT2D eigenvalue weighted by atomic mass is 10.4. The maximum Gasteiger partial charge on any atom is 0.198 e. The highest BCUT2D eigenvalue weighted by molar-refractivity contribution is 7.13. The average Bonchev–Trinajstić information content (AvgIpc) is 2.58. The Morgan fingerprint density at radius 2 is 2.33 bits per heavy atom. The Kier molecular flexibility index (Phi) is 1.54. The summed E-state index contributed by atoms with van der Waals surface area (Å²) in [4.78, 5) is 4.19. The monoisotopic (exact) mass is 182 g/mol. The van der Waals surface area contributed by atoms with E-state index in [0.717, 1.165) is 10.7 Å². The van der Waals surface area contributed by atoms with Crippen LogP contribution in [-0.2, 0) is 0 Å². The van der Waals surface area contributed by atoms with E-state index in [1.165, 1.54) is 11.3 Å². The van der Waals surface area contributed by atoms with Crippen molar-refractivity contribution in [1.29, 1.82) is 0 Å². The van der Waals surface area contributed by atoms with Crippen LogP contribution in [0.3, 0.4) is 0 Å². The lowest BCUT2D eigenvalue weighted by Crippen LogP contribution is -1.87. The molecule has 0 fully saturated rings. The predicted octanol–water partition coefficient (Wildman–Crippen LogP) is 1.08. The van der Waals surface area contributed by atoms with Crippen LogP contribution in [-0.4, -0.2) is 15.3 Å². The maximum atomic E-state index is 5.48. The van der Waals surface area contributed by atoms with Gasteiger partial charge < -0.3 is 5.73 Å². The third-order valence-electron chi connectivity index (χ3n) is 1.34. The number of rotatable bonds is 1. The van der Waals surface area contributed by atoms with Gasteiger partial charge in [0.05, 0.1) is 0 Å². The summed E-state index contributed by atoms with van der Waals surface area (Å²) in [5.41, 5.74) is 6.94. The number of aromatic nitrogens is 3. The molecule has 0 bridgehead atoms. The van der Waals surface area contributed by atoms with Gasteiger partial charge in [0, 0.05) is 11.1 Å². The molecule has 12 heavy (non-hydrogen) atoms. The second-order valence-electron chi connectivity index (χ2n) is 2.29. The maximum absolute atomic E-state index is 5.48. The normalized spacial score (nSPS) is 10.4. The first-order chi connectivity index (χ1) is 5.77. The summed E-state index contributed by atoms with van der Waals surface area (Å²) < 4.78 is 4.45. The molecule has 0 aromatic carbocycles. The number of nitrogens with two attached hydrogens (primary N) is 1. The minimum absolute atomic E-state index is 0.282. The van der Waals surface area contributed by atoms with E-state index in [9.17, 15) is 0 Å². The van der Waals surface area contributed by atoms with E-state index >= 15 is 0 Å². The number of nitrogen functional groups attached to an aromatic ring is 1. The van der Waals surface area contributed by atoms with E-state index in [1.807, 2.05) is 12.3 Å². The number of thiazole rings is 1. The van der Waals surface area contributed by atoms with Gasteiger partial charge in [-0.3, -0.25) is 0 Å². The van der Waals surface area contributed by atoms with Gasteiger partial charge >= 0.3 is 0 Å². The molecule has 0 unspecified atom stereocenters. The molecular weight excluding hydrogens is 176 g/mol. The topological polar surface area (TPSA) is 77.8 Å². The third-order valence-corrected chi connectivity index (χ3v) is 2.30. The van der Waals surface area contributed by atoms with Gasteiger partial charge in [-0.05, 0) is 17.2 Å². The first kappa shape index (κ1) is 7.23.